The molecule has 2 heteroatoms. The fourth-order valence-electron chi connectivity index (χ4n) is 16.7. The Kier molecular flexibility index (Phi) is 2.93. The van der Waals surface area contributed by atoms with E-state index >= 15 is 0 Å². The molecule has 1 aliphatic heterocycles. The second-order valence-electron chi connectivity index (χ2n) is 18.4. The lowest BCUT2D eigenvalue weighted by Crippen LogP contribution is -3.00. The van der Waals surface area contributed by atoms with Crippen LogP contribution in [0.5, 0.6) is 0 Å². The van der Waals surface area contributed by atoms with E-state index in [0.29, 0.717) is 59.2 Å². The lowest BCUT2D eigenvalue weighted by Gasteiger charge is -2.38. The molecule has 2 saturated carbocycles. The van der Waals surface area contributed by atoms with Crippen molar-refractivity contribution in [3.05, 3.63) is 80.4 Å². The molecule has 10 aliphatic carbocycles. The van der Waals surface area contributed by atoms with E-state index in [-0.39, 0.29) is 24.0 Å². The van der Waals surface area contributed by atoms with Crippen molar-refractivity contribution in [1.29, 1.82) is 0 Å². The topological polar surface area (TPSA) is 0 Å². The highest BCUT2D eigenvalue weighted by Crippen LogP contribution is 2.74. The average molecular weight is 700 g/mol. The van der Waals surface area contributed by atoms with E-state index in [1.165, 1.54) is 17.6 Å². The van der Waals surface area contributed by atoms with Gasteiger partial charge in [-0.05, 0) is 144 Å². The standard InChI is InChI=1S/C44H30N.HI/c1-45(2)11-21-22(12-45)24-20-10-8-18-16-6-4-14-13-3-5-15-17-7-9-19-23(21)33-34(24)39-32(20)30(18)37-28(16)26(14)35-25(13)27(15)36-29(17)31(19)38(33)43-41(36)40(35)42(37)44(39)43;/h3-10,13-15,17,19,21-23,25-27,29H,11-12H2,1-2H3;1H/q+1;/p-1. The van der Waals surface area contributed by atoms with E-state index in [1.54, 1.807) is 75.8 Å². The van der Waals surface area contributed by atoms with Crippen molar-refractivity contribution >= 4 is 76.7 Å². The third kappa shape index (κ3) is 1.66. The first-order valence-corrected chi connectivity index (χ1v) is 18.1. The maximum Gasteiger partial charge on any atom is 0.0857 e. The van der Waals surface area contributed by atoms with Crippen molar-refractivity contribution < 1.29 is 28.5 Å². The molecule has 17 rings (SSSR count). The van der Waals surface area contributed by atoms with Crippen molar-refractivity contribution in [3.63, 3.8) is 0 Å². The van der Waals surface area contributed by atoms with Crippen molar-refractivity contribution in [2.24, 2.45) is 53.3 Å². The zero-order valence-corrected chi connectivity index (χ0v) is 27.9. The molecular formula is C44H30IN. The molecule has 6 aromatic carbocycles. The number of rotatable bonds is 0. The van der Waals surface area contributed by atoms with Gasteiger partial charge in [0.25, 0.3) is 0 Å². The minimum atomic E-state index is 0. The van der Waals surface area contributed by atoms with Gasteiger partial charge in [0.1, 0.15) is 0 Å². The molecule has 1 saturated heterocycles. The summed E-state index contributed by atoms with van der Waals surface area (Å²) >= 11 is 0. The number of likely N-dealkylation sites (tertiary alicyclic amines) is 1. The molecule has 0 radical (unpaired) electrons. The molecule has 12 unspecified atom stereocenters. The quantitative estimate of drug-likeness (QED) is 0.0991. The SMILES string of the molecule is C[N+]1(C)CC2c3c4ccc5c6c7c8c9c%10c%11c%12c%13c(c3c(c%129)c4c58)C(C3C=CC4C(C=%133)C=%11C3C4C=CC4C(C=C6)C7C=%10C43)C2C1.[I-]. The number of benzene rings is 3. The summed E-state index contributed by atoms with van der Waals surface area (Å²) in [7, 11) is 5.07. The van der Waals surface area contributed by atoms with Gasteiger partial charge in [0.2, 0.25) is 0 Å². The van der Waals surface area contributed by atoms with Gasteiger partial charge in [-0.1, -0.05) is 48.6 Å². The molecule has 6 aromatic rings. The Morgan fingerprint density at radius 1 is 0.543 bits per heavy atom. The van der Waals surface area contributed by atoms with Gasteiger partial charge >= 0.3 is 0 Å². The predicted molar refractivity (Wildman–Crippen MR) is 181 cm³/mol. The normalized spacial score (nSPS) is 42.9. The first kappa shape index (κ1) is 22.6. The average Bonchev–Trinajstić information content (AvgIpc) is 3.87. The second kappa shape index (κ2) is 5.96. The number of allylic oxidation sites excluding steroid dienone is 5. The van der Waals surface area contributed by atoms with E-state index in [9.17, 15) is 0 Å². The fraction of sp³-hybridized carbons (Fsp3) is 0.364. The molecule has 218 valence electrons. The van der Waals surface area contributed by atoms with E-state index in [1.807, 2.05) is 32.7 Å². The summed E-state index contributed by atoms with van der Waals surface area (Å²) in [6, 6.07) is 5.22. The van der Waals surface area contributed by atoms with Crippen LogP contribution < -0.4 is 39.6 Å². The van der Waals surface area contributed by atoms with Crippen LogP contribution in [0, 0.1) is 53.3 Å². The number of hydrogen-bond donors (Lipinski definition) is 0. The lowest BCUT2D eigenvalue weighted by molar-refractivity contribution is -0.880. The molecule has 46 heavy (non-hydrogen) atoms. The van der Waals surface area contributed by atoms with Crippen molar-refractivity contribution in [3.8, 4) is 0 Å². The van der Waals surface area contributed by atoms with E-state index < -0.39 is 0 Å². The number of fused-ring (bicyclic) bond motifs is 8. The van der Waals surface area contributed by atoms with E-state index in [2.05, 4.69) is 62.7 Å². The molecule has 1 nitrogen and oxygen atoms in total. The van der Waals surface area contributed by atoms with Gasteiger partial charge in [0.05, 0.1) is 27.2 Å². The summed E-state index contributed by atoms with van der Waals surface area (Å²) < 4.78 is 1.17. The molecule has 3 fully saturated rings. The van der Waals surface area contributed by atoms with Crippen LogP contribution in [-0.2, 0) is 0 Å². The van der Waals surface area contributed by atoms with Gasteiger partial charge in [0, 0.05) is 35.5 Å². The van der Waals surface area contributed by atoms with Crippen LogP contribution >= 0.6 is 0 Å². The number of nitrogens with zero attached hydrogens (tertiary/aromatic N) is 1. The fourth-order valence-corrected chi connectivity index (χ4v) is 16.7. The highest BCUT2D eigenvalue weighted by Gasteiger charge is 2.66. The van der Waals surface area contributed by atoms with Crippen molar-refractivity contribution in [1.82, 2.24) is 0 Å². The minimum Gasteiger partial charge on any atom is -1.00 e. The zero-order valence-electron chi connectivity index (χ0n) is 25.8. The van der Waals surface area contributed by atoms with Gasteiger partial charge < -0.3 is 28.5 Å². The second-order valence-corrected chi connectivity index (χ2v) is 18.4. The summed E-state index contributed by atoms with van der Waals surface area (Å²) in [6.07, 6.45) is 16.5. The molecule has 0 aromatic heterocycles. The smallest absolute Gasteiger partial charge is 0.0857 e. The summed E-state index contributed by atoms with van der Waals surface area (Å²) in [4.78, 5) is 0. The van der Waals surface area contributed by atoms with Gasteiger partial charge in [-0.25, -0.2) is 0 Å². The Morgan fingerprint density at radius 2 is 1.26 bits per heavy atom. The maximum atomic E-state index is 2.81. The summed E-state index contributed by atoms with van der Waals surface area (Å²) in [5, 5.41) is 22.5. The third-order valence-electron chi connectivity index (χ3n) is 17.1. The Bertz CT molecular complexity index is 2990. The molecular weight excluding hydrogens is 669 g/mol. The Hall–Kier alpha value is -2.95. The van der Waals surface area contributed by atoms with Crippen LogP contribution in [0.2, 0.25) is 0 Å². The van der Waals surface area contributed by atoms with Gasteiger partial charge in [-0.2, -0.15) is 0 Å². The number of halogens is 1. The molecule has 0 spiro atoms. The molecule has 0 bridgehead atoms. The van der Waals surface area contributed by atoms with Crippen LogP contribution in [0.4, 0.5) is 0 Å². The number of hydrogen-bond acceptors (Lipinski definition) is 0. The number of quaternary nitrogens is 1. The Morgan fingerprint density at radius 3 is 2.13 bits per heavy atom. The Balaban J connectivity index is 0.00000219. The van der Waals surface area contributed by atoms with Gasteiger partial charge in [-0.3, -0.25) is 0 Å². The molecule has 1 heterocycles. The van der Waals surface area contributed by atoms with Crippen molar-refractivity contribution in [2.45, 2.75) is 17.8 Å². The van der Waals surface area contributed by atoms with Crippen LogP contribution in [-0.4, -0.2) is 31.7 Å². The molecule has 12 atom stereocenters. The zero-order chi connectivity index (χ0) is 28.0. The first-order chi connectivity index (χ1) is 22.1. The maximum absolute atomic E-state index is 2.81. The summed E-state index contributed by atoms with van der Waals surface area (Å²) in [5.74, 6) is 8.03. The van der Waals surface area contributed by atoms with Gasteiger partial charge in [-0.15, -0.1) is 0 Å². The molecule has 0 amide bonds. The first-order valence-electron chi connectivity index (χ1n) is 18.1. The van der Waals surface area contributed by atoms with Crippen LogP contribution in [0.25, 0.3) is 76.7 Å². The Labute approximate surface area is 282 Å². The lowest BCUT2D eigenvalue weighted by atomic mass is 9.64. The van der Waals surface area contributed by atoms with Crippen LogP contribution in [0.15, 0.2) is 42.5 Å². The monoisotopic (exact) mass is 699 g/mol. The van der Waals surface area contributed by atoms with Crippen LogP contribution in [0.1, 0.15) is 40.0 Å². The minimum absolute atomic E-state index is 0. The highest BCUT2D eigenvalue weighted by atomic mass is 127. The molecule has 0 N–H and O–H groups in total. The van der Waals surface area contributed by atoms with Crippen molar-refractivity contribution in [2.75, 3.05) is 27.2 Å². The van der Waals surface area contributed by atoms with E-state index in [0.717, 1.165) is 11.8 Å². The summed E-state index contributed by atoms with van der Waals surface area (Å²) in [5.41, 5.74) is 12.8. The van der Waals surface area contributed by atoms with Crippen LogP contribution in [0.3, 0.4) is 0 Å². The predicted octanol–water partition coefficient (Wildman–Crippen LogP) is 3.09. The largest absolute Gasteiger partial charge is 1.00 e. The summed E-state index contributed by atoms with van der Waals surface area (Å²) in [6.45, 7) is 2.63. The third-order valence-corrected chi connectivity index (χ3v) is 17.1. The molecule has 11 aliphatic rings. The van der Waals surface area contributed by atoms with E-state index in [4.69, 9.17) is 0 Å². The number of likely N-dealkylation sites (N-methyl/N-ethyl adjacent to an activating group) is 1. The van der Waals surface area contributed by atoms with Gasteiger partial charge in [0.15, 0.2) is 0 Å². The highest BCUT2D eigenvalue weighted by molar-refractivity contribution is 6.46.